The van der Waals surface area contributed by atoms with Crippen molar-refractivity contribution in [2.24, 2.45) is 7.05 Å². The van der Waals surface area contributed by atoms with Crippen molar-refractivity contribution in [3.63, 3.8) is 0 Å². The van der Waals surface area contributed by atoms with E-state index < -0.39 is 0 Å². The predicted molar refractivity (Wildman–Crippen MR) is 68.5 cm³/mol. The van der Waals surface area contributed by atoms with Crippen LogP contribution in [-0.2, 0) is 11.8 Å². The standard InChI is InChI=1S/C10H15N3OS2/c1-12-4-3-11-9(12)10-13(5-6-15-2)8(14)7-16-10/h3-4,10H,5-7H2,1-2H3. The summed E-state index contributed by atoms with van der Waals surface area (Å²) in [6, 6.07) is 0. The fourth-order valence-corrected chi connectivity index (χ4v) is 3.34. The van der Waals surface area contributed by atoms with Gasteiger partial charge >= 0.3 is 0 Å². The van der Waals surface area contributed by atoms with Gasteiger partial charge in [0.05, 0.1) is 5.75 Å². The summed E-state index contributed by atoms with van der Waals surface area (Å²) in [5.41, 5.74) is 0. The monoisotopic (exact) mass is 257 g/mol. The minimum atomic E-state index is 0.0969. The summed E-state index contributed by atoms with van der Waals surface area (Å²) in [5, 5.41) is 0.0969. The van der Waals surface area contributed by atoms with Gasteiger partial charge in [0.15, 0.2) is 0 Å². The molecular formula is C10H15N3OS2. The van der Waals surface area contributed by atoms with Crippen LogP contribution < -0.4 is 0 Å². The fraction of sp³-hybridized carbons (Fsp3) is 0.600. The van der Waals surface area contributed by atoms with Crippen LogP contribution in [0.15, 0.2) is 12.4 Å². The Balaban J connectivity index is 2.14. The number of imidazole rings is 1. The molecule has 0 N–H and O–H groups in total. The number of carbonyl (C=O) groups is 1. The molecule has 0 aromatic carbocycles. The summed E-state index contributed by atoms with van der Waals surface area (Å²) in [4.78, 5) is 18.0. The van der Waals surface area contributed by atoms with E-state index in [4.69, 9.17) is 0 Å². The molecule has 0 radical (unpaired) electrons. The van der Waals surface area contributed by atoms with Crippen molar-refractivity contribution in [1.82, 2.24) is 14.5 Å². The number of amides is 1. The summed E-state index contributed by atoms with van der Waals surface area (Å²) in [6.07, 6.45) is 5.76. The molecule has 1 fully saturated rings. The lowest BCUT2D eigenvalue weighted by molar-refractivity contribution is -0.127. The molecular weight excluding hydrogens is 242 g/mol. The molecule has 6 heteroatoms. The molecule has 0 spiro atoms. The van der Waals surface area contributed by atoms with Crippen LogP contribution >= 0.6 is 23.5 Å². The van der Waals surface area contributed by atoms with Crippen molar-refractivity contribution >= 4 is 29.4 Å². The second kappa shape index (κ2) is 5.14. The molecule has 1 aliphatic rings. The zero-order chi connectivity index (χ0) is 11.5. The van der Waals surface area contributed by atoms with Gasteiger partial charge in [0.2, 0.25) is 5.91 Å². The normalized spacial score (nSPS) is 20.8. The molecule has 0 aliphatic carbocycles. The number of aromatic nitrogens is 2. The maximum absolute atomic E-state index is 11.8. The van der Waals surface area contributed by atoms with Crippen LogP contribution in [0.4, 0.5) is 0 Å². The Morgan fingerprint density at radius 2 is 2.50 bits per heavy atom. The molecule has 88 valence electrons. The maximum Gasteiger partial charge on any atom is 0.233 e. The van der Waals surface area contributed by atoms with Crippen LogP contribution in [0.1, 0.15) is 11.2 Å². The molecule has 1 aromatic rings. The highest BCUT2D eigenvalue weighted by molar-refractivity contribution is 8.00. The summed E-state index contributed by atoms with van der Waals surface area (Å²) in [7, 11) is 1.97. The van der Waals surface area contributed by atoms with Crippen molar-refractivity contribution in [3.8, 4) is 0 Å². The van der Waals surface area contributed by atoms with Crippen LogP contribution in [0, 0.1) is 0 Å². The number of rotatable bonds is 4. The molecule has 0 saturated carbocycles. The number of nitrogens with zero attached hydrogens (tertiary/aromatic N) is 3. The molecule has 1 aliphatic heterocycles. The van der Waals surface area contributed by atoms with E-state index in [1.54, 1.807) is 29.7 Å². The van der Waals surface area contributed by atoms with Crippen molar-refractivity contribution < 1.29 is 4.79 Å². The Morgan fingerprint density at radius 1 is 1.69 bits per heavy atom. The van der Waals surface area contributed by atoms with Gasteiger partial charge in [0.25, 0.3) is 0 Å². The number of thioether (sulfide) groups is 2. The highest BCUT2D eigenvalue weighted by Gasteiger charge is 2.34. The van der Waals surface area contributed by atoms with Gasteiger partial charge in [-0.3, -0.25) is 4.79 Å². The number of aryl methyl sites for hydroxylation is 1. The summed E-state index contributed by atoms with van der Waals surface area (Å²) < 4.78 is 1.99. The van der Waals surface area contributed by atoms with E-state index in [9.17, 15) is 4.79 Å². The largest absolute Gasteiger partial charge is 0.336 e. The van der Waals surface area contributed by atoms with Crippen LogP contribution in [0.2, 0.25) is 0 Å². The first-order valence-electron chi connectivity index (χ1n) is 5.11. The second-order valence-corrected chi connectivity index (χ2v) is 5.69. The average Bonchev–Trinajstić information content (AvgIpc) is 2.82. The van der Waals surface area contributed by atoms with Gasteiger partial charge in [-0.25, -0.2) is 4.98 Å². The van der Waals surface area contributed by atoms with E-state index in [0.717, 1.165) is 18.1 Å². The predicted octanol–water partition coefficient (Wildman–Crippen LogP) is 1.36. The van der Waals surface area contributed by atoms with Crippen LogP contribution in [-0.4, -0.2) is 44.7 Å². The molecule has 1 aromatic heterocycles. The topological polar surface area (TPSA) is 38.1 Å². The Hall–Kier alpha value is -0.620. The lowest BCUT2D eigenvalue weighted by atomic mass is 10.4. The van der Waals surface area contributed by atoms with Gasteiger partial charge in [-0.15, -0.1) is 11.8 Å². The third kappa shape index (κ3) is 2.22. The van der Waals surface area contributed by atoms with E-state index >= 15 is 0 Å². The van der Waals surface area contributed by atoms with Gasteiger partial charge in [-0.2, -0.15) is 11.8 Å². The SMILES string of the molecule is CSCCN1C(=O)CSC1c1nccn1C. The van der Waals surface area contributed by atoms with Crippen molar-refractivity contribution in [2.45, 2.75) is 5.37 Å². The first-order valence-corrected chi connectivity index (χ1v) is 7.55. The summed E-state index contributed by atoms with van der Waals surface area (Å²) >= 11 is 3.43. The third-order valence-electron chi connectivity index (χ3n) is 2.58. The van der Waals surface area contributed by atoms with E-state index in [0.29, 0.717) is 5.75 Å². The van der Waals surface area contributed by atoms with Gasteiger partial charge in [0.1, 0.15) is 11.2 Å². The Labute approximate surface area is 104 Å². The van der Waals surface area contributed by atoms with Crippen LogP contribution in [0.25, 0.3) is 0 Å². The minimum absolute atomic E-state index is 0.0969. The zero-order valence-electron chi connectivity index (χ0n) is 9.42. The number of hydrogen-bond acceptors (Lipinski definition) is 4. The highest BCUT2D eigenvalue weighted by Crippen LogP contribution is 2.37. The first kappa shape index (κ1) is 11.9. The molecule has 1 unspecified atom stereocenters. The molecule has 1 atom stereocenters. The Kier molecular flexibility index (Phi) is 3.81. The third-order valence-corrected chi connectivity index (χ3v) is 4.37. The minimum Gasteiger partial charge on any atom is -0.336 e. The molecule has 4 nitrogen and oxygen atoms in total. The van der Waals surface area contributed by atoms with Gasteiger partial charge < -0.3 is 9.47 Å². The zero-order valence-corrected chi connectivity index (χ0v) is 11.1. The summed E-state index contributed by atoms with van der Waals surface area (Å²) in [5.74, 6) is 2.75. The Morgan fingerprint density at radius 3 is 3.12 bits per heavy atom. The van der Waals surface area contributed by atoms with Crippen molar-refractivity contribution in [1.29, 1.82) is 0 Å². The van der Waals surface area contributed by atoms with Crippen molar-refractivity contribution in [3.05, 3.63) is 18.2 Å². The first-order chi connectivity index (χ1) is 7.74. The second-order valence-electron chi connectivity index (χ2n) is 3.64. The van der Waals surface area contributed by atoms with Crippen molar-refractivity contribution in [2.75, 3.05) is 24.3 Å². The maximum atomic E-state index is 11.8. The fourth-order valence-electron chi connectivity index (χ4n) is 1.71. The molecule has 2 heterocycles. The highest BCUT2D eigenvalue weighted by atomic mass is 32.2. The van der Waals surface area contributed by atoms with Crippen LogP contribution in [0.5, 0.6) is 0 Å². The van der Waals surface area contributed by atoms with E-state index in [-0.39, 0.29) is 11.3 Å². The van der Waals surface area contributed by atoms with E-state index in [1.807, 2.05) is 22.7 Å². The molecule has 1 saturated heterocycles. The van der Waals surface area contributed by atoms with Gasteiger partial charge in [-0.1, -0.05) is 0 Å². The smallest absolute Gasteiger partial charge is 0.233 e. The average molecular weight is 257 g/mol. The molecule has 1 amide bonds. The number of hydrogen-bond donors (Lipinski definition) is 0. The molecule has 16 heavy (non-hydrogen) atoms. The van der Waals surface area contributed by atoms with Gasteiger partial charge in [0, 0.05) is 31.7 Å². The Bertz CT molecular complexity index is 380. The molecule has 0 bridgehead atoms. The number of carbonyl (C=O) groups excluding carboxylic acids is 1. The molecule has 2 rings (SSSR count). The summed E-state index contributed by atoms with van der Waals surface area (Å²) in [6.45, 7) is 0.810. The quantitative estimate of drug-likeness (QED) is 0.816. The van der Waals surface area contributed by atoms with E-state index in [2.05, 4.69) is 11.2 Å². The lowest BCUT2D eigenvalue weighted by Crippen LogP contribution is -2.31. The lowest BCUT2D eigenvalue weighted by Gasteiger charge is -2.22. The van der Waals surface area contributed by atoms with Gasteiger partial charge in [-0.05, 0) is 6.26 Å². The van der Waals surface area contributed by atoms with Crippen LogP contribution in [0.3, 0.4) is 0 Å². The van der Waals surface area contributed by atoms with E-state index in [1.165, 1.54) is 0 Å².